The monoisotopic (exact) mass is 476 g/mol. The third-order valence-corrected chi connectivity index (χ3v) is 5.53. The number of hydrogen-bond acceptors (Lipinski definition) is 5. The van der Waals surface area contributed by atoms with Crippen molar-refractivity contribution in [3.05, 3.63) is 107 Å². The third-order valence-electron chi connectivity index (χ3n) is 5.53. The number of aromatic nitrogens is 2. The van der Waals surface area contributed by atoms with Crippen LogP contribution in [0.5, 0.6) is 5.75 Å². The van der Waals surface area contributed by atoms with Gasteiger partial charge in [0.15, 0.2) is 5.78 Å². The van der Waals surface area contributed by atoms with E-state index in [1.807, 2.05) is 66.9 Å². The molecule has 0 bridgehead atoms. The van der Waals surface area contributed by atoms with Crippen LogP contribution in [0.4, 0.5) is 5.69 Å². The minimum absolute atomic E-state index is 0.0859. The quantitative estimate of drug-likeness (QED) is 0.210. The summed E-state index contributed by atoms with van der Waals surface area (Å²) in [6, 6.07) is 25.9. The van der Waals surface area contributed by atoms with Crippen molar-refractivity contribution in [1.82, 2.24) is 9.78 Å². The lowest BCUT2D eigenvalue weighted by molar-refractivity contribution is -0.112. The Hall–Kier alpha value is -4.96. The predicted molar refractivity (Wildman–Crippen MR) is 138 cm³/mol. The number of anilines is 1. The predicted octanol–water partition coefficient (Wildman–Crippen LogP) is 5.36. The van der Waals surface area contributed by atoms with E-state index in [-0.39, 0.29) is 11.4 Å². The largest absolute Gasteiger partial charge is 0.497 e. The fourth-order valence-electron chi connectivity index (χ4n) is 3.69. The van der Waals surface area contributed by atoms with E-state index in [4.69, 9.17) is 9.84 Å². The Labute approximate surface area is 209 Å². The number of Topliss-reactive ketones (excluding diaryl/α,β-unsaturated/α-hetero) is 1. The molecule has 36 heavy (non-hydrogen) atoms. The van der Waals surface area contributed by atoms with Gasteiger partial charge in [-0.3, -0.25) is 14.3 Å². The number of carbonyl (C=O) groups is 2. The van der Waals surface area contributed by atoms with Crippen molar-refractivity contribution in [2.45, 2.75) is 13.5 Å². The molecule has 0 fully saturated rings. The maximum atomic E-state index is 12.9. The minimum atomic E-state index is -0.574. The topological polar surface area (TPSA) is 97.0 Å². The van der Waals surface area contributed by atoms with E-state index in [2.05, 4.69) is 5.32 Å². The molecule has 0 unspecified atom stereocenters. The van der Waals surface area contributed by atoms with E-state index in [1.54, 1.807) is 36.1 Å². The zero-order valence-corrected chi connectivity index (χ0v) is 19.9. The number of ketones is 1. The fourth-order valence-corrected chi connectivity index (χ4v) is 3.69. The lowest BCUT2D eigenvalue weighted by Gasteiger charge is -2.06. The number of carbonyl (C=O) groups excluding carboxylic acids is 2. The summed E-state index contributed by atoms with van der Waals surface area (Å²) in [5, 5.41) is 17.2. The SMILES string of the molecule is COc1ccc(-c2nn(Cc3ccccc3)cc2/C=C(\C#N)C(=O)Nc2cccc(C(C)=O)c2)cc1. The van der Waals surface area contributed by atoms with Crippen LogP contribution in [0.3, 0.4) is 0 Å². The van der Waals surface area contributed by atoms with Crippen molar-refractivity contribution >= 4 is 23.5 Å². The van der Waals surface area contributed by atoms with Gasteiger partial charge >= 0.3 is 0 Å². The highest BCUT2D eigenvalue weighted by Crippen LogP contribution is 2.27. The van der Waals surface area contributed by atoms with Crippen molar-refractivity contribution in [1.29, 1.82) is 5.26 Å². The number of methoxy groups -OCH3 is 1. The van der Waals surface area contributed by atoms with Gasteiger partial charge in [-0.2, -0.15) is 10.4 Å². The average molecular weight is 477 g/mol. The molecule has 1 amide bonds. The van der Waals surface area contributed by atoms with Crippen LogP contribution < -0.4 is 10.1 Å². The standard InChI is InChI=1S/C29H24N4O3/c1-20(34)23-9-6-10-26(16-23)31-29(35)24(17-30)15-25-19-33(18-21-7-4-3-5-8-21)32-28(25)22-11-13-27(36-2)14-12-22/h3-16,19H,18H2,1-2H3,(H,31,35)/b24-15+. The zero-order valence-electron chi connectivity index (χ0n) is 19.9. The summed E-state index contributed by atoms with van der Waals surface area (Å²) in [5.74, 6) is 0.0243. The van der Waals surface area contributed by atoms with E-state index >= 15 is 0 Å². The molecule has 0 saturated carbocycles. The van der Waals surface area contributed by atoms with Crippen LogP contribution >= 0.6 is 0 Å². The molecular weight excluding hydrogens is 452 g/mol. The summed E-state index contributed by atoms with van der Waals surface area (Å²) in [4.78, 5) is 24.6. The number of benzene rings is 3. The molecule has 0 saturated heterocycles. The number of nitrogens with one attached hydrogen (secondary N) is 1. The van der Waals surface area contributed by atoms with Crippen LogP contribution in [-0.2, 0) is 11.3 Å². The van der Waals surface area contributed by atoms with Gasteiger partial charge in [-0.15, -0.1) is 0 Å². The molecule has 0 atom stereocenters. The first-order chi connectivity index (χ1) is 17.5. The number of ether oxygens (including phenoxy) is 1. The van der Waals surface area contributed by atoms with E-state index < -0.39 is 5.91 Å². The highest BCUT2D eigenvalue weighted by Gasteiger charge is 2.15. The first kappa shape index (κ1) is 24.2. The second kappa shape index (κ2) is 11.0. The smallest absolute Gasteiger partial charge is 0.266 e. The summed E-state index contributed by atoms with van der Waals surface area (Å²) in [6.07, 6.45) is 3.34. The lowest BCUT2D eigenvalue weighted by atomic mass is 10.1. The molecule has 7 heteroatoms. The molecule has 1 heterocycles. The third kappa shape index (κ3) is 5.75. The van der Waals surface area contributed by atoms with Crippen molar-refractivity contribution in [2.75, 3.05) is 12.4 Å². The van der Waals surface area contributed by atoms with Crippen molar-refractivity contribution < 1.29 is 14.3 Å². The molecule has 1 N–H and O–H groups in total. The molecule has 178 valence electrons. The zero-order chi connectivity index (χ0) is 25.5. The van der Waals surface area contributed by atoms with Gasteiger partial charge < -0.3 is 10.1 Å². The number of nitriles is 1. The molecule has 7 nitrogen and oxygen atoms in total. The van der Waals surface area contributed by atoms with E-state index in [1.165, 1.54) is 13.0 Å². The van der Waals surface area contributed by atoms with Crippen LogP contribution in [0, 0.1) is 11.3 Å². The number of rotatable bonds is 8. The fraction of sp³-hybridized carbons (Fsp3) is 0.103. The van der Waals surface area contributed by atoms with Gasteiger partial charge in [-0.05, 0) is 55.0 Å². The summed E-state index contributed by atoms with van der Waals surface area (Å²) in [6.45, 7) is 1.99. The molecule has 4 aromatic rings. The van der Waals surface area contributed by atoms with Crippen molar-refractivity contribution in [3.8, 4) is 23.1 Å². The normalized spacial score (nSPS) is 11.0. The van der Waals surface area contributed by atoms with E-state index in [0.717, 1.165) is 11.1 Å². The van der Waals surface area contributed by atoms with Crippen LogP contribution in [0.2, 0.25) is 0 Å². The van der Waals surface area contributed by atoms with Gasteiger partial charge in [0, 0.05) is 28.6 Å². The Kier molecular flexibility index (Phi) is 7.37. The van der Waals surface area contributed by atoms with Gasteiger partial charge in [0.2, 0.25) is 0 Å². The summed E-state index contributed by atoms with van der Waals surface area (Å²) in [7, 11) is 1.60. The lowest BCUT2D eigenvalue weighted by Crippen LogP contribution is -2.13. The highest BCUT2D eigenvalue weighted by atomic mass is 16.5. The van der Waals surface area contributed by atoms with Gasteiger partial charge in [0.25, 0.3) is 5.91 Å². The first-order valence-electron chi connectivity index (χ1n) is 11.3. The van der Waals surface area contributed by atoms with Gasteiger partial charge in [-0.25, -0.2) is 0 Å². The minimum Gasteiger partial charge on any atom is -0.497 e. The first-order valence-corrected chi connectivity index (χ1v) is 11.3. The molecule has 0 radical (unpaired) electrons. The highest BCUT2D eigenvalue weighted by molar-refractivity contribution is 6.10. The van der Waals surface area contributed by atoms with E-state index in [9.17, 15) is 14.9 Å². The number of hydrogen-bond donors (Lipinski definition) is 1. The second-order valence-corrected chi connectivity index (χ2v) is 8.11. The Morgan fingerprint density at radius 1 is 1.06 bits per heavy atom. The molecule has 0 aliphatic heterocycles. The van der Waals surface area contributed by atoms with Crippen LogP contribution in [0.15, 0.2) is 90.6 Å². The van der Waals surface area contributed by atoms with Gasteiger partial charge in [0.1, 0.15) is 17.4 Å². The molecule has 0 aliphatic carbocycles. The average Bonchev–Trinajstić information content (AvgIpc) is 3.29. The molecular formula is C29H24N4O3. The van der Waals surface area contributed by atoms with Crippen LogP contribution in [-0.4, -0.2) is 28.6 Å². The summed E-state index contributed by atoms with van der Waals surface area (Å²) < 4.78 is 7.04. The molecule has 4 rings (SSSR count). The number of nitrogens with zero attached hydrogens (tertiary/aromatic N) is 3. The van der Waals surface area contributed by atoms with E-state index in [0.29, 0.717) is 34.8 Å². The number of amides is 1. The molecule has 0 aliphatic rings. The molecule has 0 spiro atoms. The van der Waals surface area contributed by atoms with Crippen LogP contribution in [0.25, 0.3) is 17.3 Å². The van der Waals surface area contributed by atoms with Crippen molar-refractivity contribution in [3.63, 3.8) is 0 Å². The summed E-state index contributed by atoms with van der Waals surface area (Å²) in [5.41, 5.74) is 3.97. The van der Waals surface area contributed by atoms with Gasteiger partial charge in [-0.1, -0.05) is 42.5 Å². The maximum absolute atomic E-state index is 12.9. The summed E-state index contributed by atoms with van der Waals surface area (Å²) >= 11 is 0. The van der Waals surface area contributed by atoms with Crippen molar-refractivity contribution in [2.24, 2.45) is 0 Å². The molecule has 3 aromatic carbocycles. The maximum Gasteiger partial charge on any atom is 0.266 e. The Morgan fingerprint density at radius 2 is 1.81 bits per heavy atom. The Morgan fingerprint density at radius 3 is 2.47 bits per heavy atom. The second-order valence-electron chi connectivity index (χ2n) is 8.11. The molecule has 1 aromatic heterocycles. The Balaban J connectivity index is 1.69. The van der Waals surface area contributed by atoms with Gasteiger partial charge in [0.05, 0.1) is 19.3 Å². The Bertz CT molecular complexity index is 1460. The van der Waals surface area contributed by atoms with Crippen LogP contribution in [0.1, 0.15) is 28.4 Å².